The summed E-state index contributed by atoms with van der Waals surface area (Å²) in [7, 11) is 0. The van der Waals surface area contributed by atoms with Crippen LogP contribution >= 0.6 is 15.9 Å². The van der Waals surface area contributed by atoms with E-state index in [4.69, 9.17) is 5.26 Å². The van der Waals surface area contributed by atoms with E-state index in [1.54, 1.807) is 18.2 Å². The van der Waals surface area contributed by atoms with Crippen LogP contribution in [-0.2, 0) is 5.33 Å². The third kappa shape index (κ3) is 2.42. The number of ether oxygens (including phenoxy) is 1. The zero-order valence-corrected chi connectivity index (χ0v) is 8.59. The van der Waals surface area contributed by atoms with Crippen LogP contribution < -0.4 is 4.74 Å². The van der Waals surface area contributed by atoms with Gasteiger partial charge in [0.25, 0.3) is 0 Å². The predicted molar refractivity (Wildman–Crippen MR) is 50.4 cm³/mol. The van der Waals surface area contributed by atoms with E-state index in [0.29, 0.717) is 10.9 Å². The lowest BCUT2D eigenvalue weighted by molar-refractivity contribution is -0.0505. The molecule has 0 saturated heterocycles. The summed E-state index contributed by atoms with van der Waals surface area (Å²) in [4.78, 5) is 0. The van der Waals surface area contributed by atoms with Gasteiger partial charge in [-0.15, -0.1) is 0 Å². The third-order valence-electron chi connectivity index (χ3n) is 1.57. The lowest BCUT2D eigenvalue weighted by Crippen LogP contribution is -2.05. The molecule has 2 nitrogen and oxygen atoms in total. The Morgan fingerprint density at radius 1 is 1.50 bits per heavy atom. The smallest absolute Gasteiger partial charge is 0.387 e. The van der Waals surface area contributed by atoms with Crippen molar-refractivity contribution in [3.05, 3.63) is 29.3 Å². The zero-order valence-electron chi connectivity index (χ0n) is 7.01. The molecule has 0 N–H and O–H groups in total. The van der Waals surface area contributed by atoms with Crippen LogP contribution in [0.25, 0.3) is 0 Å². The van der Waals surface area contributed by atoms with Crippen molar-refractivity contribution in [3.8, 4) is 11.8 Å². The molecule has 0 aliphatic heterocycles. The van der Waals surface area contributed by atoms with Gasteiger partial charge >= 0.3 is 6.61 Å². The van der Waals surface area contributed by atoms with E-state index in [-0.39, 0.29) is 11.3 Å². The van der Waals surface area contributed by atoms with Gasteiger partial charge in [0.15, 0.2) is 0 Å². The lowest BCUT2D eigenvalue weighted by atomic mass is 10.1. The molecular weight excluding hydrogens is 256 g/mol. The molecule has 0 radical (unpaired) electrons. The van der Waals surface area contributed by atoms with Crippen molar-refractivity contribution in [3.63, 3.8) is 0 Å². The summed E-state index contributed by atoms with van der Waals surface area (Å²) in [6.07, 6.45) is 0. The van der Waals surface area contributed by atoms with Crippen molar-refractivity contribution in [2.24, 2.45) is 0 Å². The van der Waals surface area contributed by atoms with Gasteiger partial charge in [-0.05, 0) is 6.07 Å². The first kappa shape index (κ1) is 10.9. The average molecular weight is 262 g/mol. The summed E-state index contributed by atoms with van der Waals surface area (Å²) in [5, 5.41) is 9.03. The molecular formula is C9H6BrF2NO. The third-order valence-corrected chi connectivity index (χ3v) is 2.17. The van der Waals surface area contributed by atoms with Gasteiger partial charge in [-0.3, -0.25) is 0 Å². The highest BCUT2D eigenvalue weighted by molar-refractivity contribution is 9.08. The largest absolute Gasteiger partial charge is 0.433 e. The van der Waals surface area contributed by atoms with Crippen molar-refractivity contribution in [1.82, 2.24) is 0 Å². The summed E-state index contributed by atoms with van der Waals surface area (Å²) in [6.45, 7) is -2.91. The van der Waals surface area contributed by atoms with Crippen molar-refractivity contribution < 1.29 is 13.5 Å². The van der Waals surface area contributed by atoms with E-state index in [0.717, 1.165) is 0 Å². The molecule has 0 saturated carbocycles. The fourth-order valence-electron chi connectivity index (χ4n) is 1.01. The Labute approximate surface area is 88.2 Å². The molecule has 0 aliphatic carbocycles. The van der Waals surface area contributed by atoms with E-state index in [1.807, 2.05) is 0 Å². The summed E-state index contributed by atoms with van der Waals surface area (Å²) < 4.78 is 28.3. The molecule has 0 heterocycles. The topological polar surface area (TPSA) is 33.0 Å². The molecule has 74 valence electrons. The van der Waals surface area contributed by atoms with Gasteiger partial charge in [-0.25, -0.2) is 0 Å². The molecule has 1 aromatic carbocycles. The monoisotopic (exact) mass is 261 g/mol. The lowest BCUT2D eigenvalue weighted by Gasteiger charge is -2.09. The Hall–Kier alpha value is -1.15. The molecule has 0 amide bonds. The van der Waals surface area contributed by atoms with Gasteiger partial charge in [-0.2, -0.15) is 14.0 Å². The number of nitrogens with zero attached hydrogens (tertiary/aromatic N) is 1. The minimum absolute atomic E-state index is 0.0538. The maximum Gasteiger partial charge on any atom is 0.387 e. The minimum atomic E-state index is -2.91. The maximum atomic E-state index is 12.0. The number of nitriles is 1. The molecule has 5 heteroatoms. The second-order valence-corrected chi connectivity index (χ2v) is 2.98. The van der Waals surface area contributed by atoms with Crippen LogP contribution in [0.4, 0.5) is 8.78 Å². The highest BCUT2D eigenvalue weighted by Gasteiger charge is 2.13. The van der Waals surface area contributed by atoms with Crippen molar-refractivity contribution in [1.29, 1.82) is 5.26 Å². The number of hydrogen-bond acceptors (Lipinski definition) is 2. The van der Waals surface area contributed by atoms with Crippen LogP contribution in [0.15, 0.2) is 18.2 Å². The first-order chi connectivity index (χ1) is 6.69. The molecule has 0 unspecified atom stereocenters. The normalized spacial score (nSPS) is 9.93. The number of para-hydroxylation sites is 1. The Balaban J connectivity index is 3.14. The van der Waals surface area contributed by atoms with E-state index < -0.39 is 6.61 Å². The van der Waals surface area contributed by atoms with Gasteiger partial charge < -0.3 is 4.74 Å². The Kier molecular flexibility index (Phi) is 3.84. The fraction of sp³-hybridized carbons (Fsp3) is 0.222. The van der Waals surface area contributed by atoms with Crippen molar-refractivity contribution in [2.45, 2.75) is 11.9 Å². The second kappa shape index (κ2) is 4.91. The summed E-state index contributed by atoms with van der Waals surface area (Å²) in [5.74, 6) is -0.0538. The van der Waals surface area contributed by atoms with Crippen LogP contribution in [0, 0.1) is 11.3 Å². The molecule has 0 fully saturated rings. The highest BCUT2D eigenvalue weighted by atomic mass is 79.9. The number of benzene rings is 1. The molecule has 1 rings (SSSR count). The summed E-state index contributed by atoms with van der Waals surface area (Å²) in [5.41, 5.74) is 0.645. The van der Waals surface area contributed by atoms with Crippen LogP contribution in [0.2, 0.25) is 0 Å². The van der Waals surface area contributed by atoms with Crippen molar-refractivity contribution in [2.75, 3.05) is 0 Å². The van der Waals surface area contributed by atoms with Crippen LogP contribution in [0.5, 0.6) is 5.75 Å². The molecule has 14 heavy (non-hydrogen) atoms. The molecule has 0 atom stereocenters. The van der Waals surface area contributed by atoms with E-state index in [1.165, 1.54) is 6.07 Å². The molecule has 1 aromatic rings. The Morgan fingerprint density at radius 3 is 2.71 bits per heavy atom. The first-order valence-electron chi connectivity index (χ1n) is 3.71. The minimum Gasteiger partial charge on any atom is -0.433 e. The van der Waals surface area contributed by atoms with Gasteiger partial charge in [0, 0.05) is 10.9 Å². The highest BCUT2D eigenvalue weighted by Crippen LogP contribution is 2.26. The first-order valence-corrected chi connectivity index (χ1v) is 4.84. The SMILES string of the molecule is N#Cc1cccc(CBr)c1OC(F)F. The molecule has 0 bridgehead atoms. The van der Waals surface area contributed by atoms with Gasteiger partial charge in [0.2, 0.25) is 0 Å². The summed E-state index contributed by atoms with van der Waals surface area (Å²) >= 11 is 3.13. The standard InChI is InChI=1S/C9H6BrF2NO/c10-4-6-2-1-3-7(5-13)8(6)14-9(11)12/h1-3,9H,4H2. The van der Waals surface area contributed by atoms with Crippen LogP contribution in [0.3, 0.4) is 0 Å². The predicted octanol–water partition coefficient (Wildman–Crippen LogP) is 3.05. The number of alkyl halides is 3. The zero-order chi connectivity index (χ0) is 10.6. The van der Waals surface area contributed by atoms with Gasteiger partial charge in [-0.1, -0.05) is 28.1 Å². The van der Waals surface area contributed by atoms with Crippen LogP contribution in [-0.4, -0.2) is 6.61 Å². The van der Waals surface area contributed by atoms with Gasteiger partial charge in [0.1, 0.15) is 11.8 Å². The molecule has 0 spiro atoms. The Bertz CT molecular complexity index is 362. The second-order valence-electron chi connectivity index (χ2n) is 2.42. The van der Waals surface area contributed by atoms with Crippen LogP contribution in [0.1, 0.15) is 11.1 Å². The number of halogens is 3. The molecule has 0 aromatic heterocycles. The summed E-state index contributed by atoms with van der Waals surface area (Å²) in [6, 6.07) is 6.47. The fourth-order valence-corrected chi connectivity index (χ4v) is 1.45. The number of hydrogen-bond donors (Lipinski definition) is 0. The Morgan fingerprint density at radius 2 is 2.21 bits per heavy atom. The quantitative estimate of drug-likeness (QED) is 0.784. The molecule has 0 aliphatic rings. The van der Waals surface area contributed by atoms with Gasteiger partial charge in [0.05, 0.1) is 5.56 Å². The van der Waals surface area contributed by atoms with E-state index in [9.17, 15) is 8.78 Å². The maximum absolute atomic E-state index is 12.0. The number of rotatable bonds is 3. The van der Waals surface area contributed by atoms with E-state index >= 15 is 0 Å². The van der Waals surface area contributed by atoms with Crippen molar-refractivity contribution >= 4 is 15.9 Å². The van der Waals surface area contributed by atoms with E-state index in [2.05, 4.69) is 20.7 Å². The average Bonchev–Trinajstić information content (AvgIpc) is 2.17.